The van der Waals surface area contributed by atoms with Crippen LogP contribution in [0, 0.1) is 0 Å². The topological polar surface area (TPSA) is 157 Å². The number of amides is 2. The summed E-state index contributed by atoms with van der Waals surface area (Å²) >= 11 is 39.8. The summed E-state index contributed by atoms with van der Waals surface area (Å²) in [6, 6.07) is 0. The van der Waals surface area contributed by atoms with Gasteiger partial charge in [-0.1, -0.05) is 24.4 Å². The van der Waals surface area contributed by atoms with Crippen LogP contribution in [0.4, 0.5) is 0 Å². The van der Waals surface area contributed by atoms with Crippen molar-refractivity contribution in [3.8, 4) is 0 Å². The molecular formula is C20H20MoN10O4S10. The number of carbonyl (C=O) groups is 2. The van der Waals surface area contributed by atoms with Crippen molar-refractivity contribution in [2.45, 2.75) is 11.0 Å². The molecule has 2 aromatic rings. The van der Waals surface area contributed by atoms with Gasteiger partial charge in [-0.05, 0) is 8.64 Å². The molecule has 2 amide bonds. The van der Waals surface area contributed by atoms with Crippen LogP contribution >= 0.6 is 97.7 Å². The van der Waals surface area contributed by atoms with Crippen LogP contribution < -0.4 is 10.6 Å². The van der Waals surface area contributed by atoms with Crippen molar-refractivity contribution < 1.29 is 34.9 Å². The van der Waals surface area contributed by atoms with Crippen LogP contribution in [0.2, 0.25) is 0 Å². The second kappa shape index (κ2) is 21.2. The minimum absolute atomic E-state index is 0.0589. The fourth-order valence-corrected chi connectivity index (χ4v) is 7.12. The maximum atomic E-state index is 12.6. The zero-order valence-electron chi connectivity index (χ0n) is 22.2. The van der Waals surface area contributed by atoms with Gasteiger partial charge in [0.15, 0.2) is 8.64 Å². The van der Waals surface area contributed by atoms with Gasteiger partial charge >= 0.3 is 25.3 Å². The van der Waals surface area contributed by atoms with E-state index in [2.05, 4.69) is 55.8 Å². The quantitative estimate of drug-likeness (QED) is 0.115. The van der Waals surface area contributed by atoms with E-state index in [9.17, 15) is 9.59 Å². The van der Waals surface area contributed by atoms with Gasteiger partial charge < -0.3 is 49.7 Å². The molecule has 0 bridgehead atoms. The van der Waals surface area contributed by atoms with Crippen molar-refractivity contribution in [2.24, 2.45) is 0 Å². The van der Waals surface area contributed by atoms with E-state index in [0.717, 1.165) is 34.6 Å². The molecule has 14 nitrogen and oxygen atoms in total. The van der Waals surface area contributed by atoms with Crippen LogP contribution in [0.25, 0.3) is 0 Å². The van der Waals surface area contributed by atoms with Crippen molar-refractivity contribution in [2.75, 3.05) is 24.6 Å². The van der Waals surface area contributed by atoms with Gasteiger partial charge in [0.1, 0.15) is 22.4 Å². The molecule has 2 saturated heterocycles. The van der Waals surface area contributed by atoms with Crippen LogP contribution in [0.15, 0.2) is 37.2 Å². The third-order valence-electron chi connectivity index (χ3n) is 4.96. The number of hydrogen-bond donors (Lipinski definition) is 4. The standard InChI is InChI=1S/2C10H11N5OS5.Mo.2O/c2*16-7(6-5-11-1-2-12-6)14(9(17)18)15(10(19)20)8-13-3-4-21-8;;;/h2*1-2,5,8,13H,3-4H2,(H,17,18)(H,19,20);;;/q;;+2;;/p-2. The number of nitrogens with zero attached hydrogens (tertiary/aromatic N) is 8. The molecule has 0 spiro atoms. The summed E-state index contributed by atoms with van der Waals surface area (Å²) in [7, 11) is 0. The fourth-order valence-electron chi connectivity index (χ4n) is 3.29. The zero-order valence-corrected chi connectivity index (χ0v) is 32.6. The number of hydrazine groups is 2. The van der Waals surface area contributed by atoms with Gasteiger partial charge in [-0.25, -0.2) is 30.0 Å². The van der Waals surface area contributed by atoms with Crippen LogP contribution in [-0.4, -0.2) is 105 Å². The minimum atomic E-state index is -2.03. The Hall–Kier alpha value is -0.892. The molecule has 45 heavy (non-hydrogen) atoms. The van der Waals surface area contributed by atoms with Crippen molar-refractivity contribution in [1.29, 1.82) is 0 Å². The molecule has 0 saturated carbocycles. The number of hydrogen-bond acceptors (Lipinski definition) is 18. The molecular weight excluding hydrogens is 861 g/mol. The van der Waals surface area contributed by atoms with Crippen molar-refractivity contribution >= 4 is 152 Å². The van der Waals surface area contributed by atoms with E-state index in [1.54, 1.807) is 23.5 Å². The Morgan fingerprint density at radius 3 is 1.36 bits per heavy atom. The molecule has 240 valence electrons. The third-order valence-corrected chi connectivity index (χ3v) is 8.68. The Kier molecular flexibility index (Phi) is 18.9. The zero-order chi connectivity index (χ0) is 33.5. The molecule has 25 heteroatoms. The Bertz CT molecular complexity index is 1300. The predicted molar refractivity (Wildman–Crippen MR) is 193 cm³/mol. The first-order valence-electron chi connectivity index (χ1n) is 11.7. The van der Waals surface area contributed by atoms with Gasteiger partial charge in [-0.2, -0.15) is 0 Å². The summed E-state index contributed by atoms with van der Waals surface area (Å²) < 4.78 is 17.3. The van der Waals surface area contributed by atoms with Crippen molar-refractivity contribution in [1.82, 2.24) is 50.6 Å². The number of aromatic nitrogens is 4. The van der Waals surface area contributed by atoms with Gasteiger partial charge in [-0.15, -0.1) is 48.8 Å². The average molecular weight is 881 g/mol. The van der Waals surface area contributed by atoms with E-state index in [1.807, 2.05) is 0 Å². The van der Waals surface area contributed by atoms with Crippen LogP contribution in [0.1, 0.15) is 21.0 Å². The Morgan fingerprint density at radius 1 is 0.778 bits per heavy atom. The first-order chi connectivity index (χ1) is 21.5. The van der Waals surface area contributed by atoms with E-state index in [-0.39, 0.29) is 39.7 Å². The number of carbonyl (C=O) groups excluding carboxylic acids is 2. The Labute approximate surface area is 318 Å². The number of rotatable bonds is 4. The summed E-state index contributed by atoms with van der Waals surface area (Å²) in [6.45, 7) is 1.58. The van der Waals surface area contributed by atoms with Crippen LogP contribution in [-0.2, 0) is 50.5 Å². The average Bonchev–Trinajstić information content (AvgIpc) is 3.74. The van der Waals surface area contributed by atoms with Crippen LogP contribution in [0.5, 0.6) is 0 Å². The first kappa shape index (κ1) is 40.3. The first-order valence-corrected chi connectivity index (χ1v) is 18.8. The monoisotopic (exact) mass is 882 g/mol. The molecule has 2 unspecified atom stereocenters. The van der Waals surface area contributed by atoms with Gasteiger partial charge in [0.05, 0.1) is 12.4 Å². The SMILES string of the molecule is O=C(c1cnccn1)N(C(=S)[S-])N(C(=S)S)C1NCCS1.O=C(c1cnccn1)N(C(=S)[S-])N(C(=S)S)C1NCCS1.[O]=[Mo+2]=[O]. The molecule has 2 N–H and O–H groups in total. The second-order valence-electron chi connectivity index (χ2n) is 7.62. The second-order valence-corrected chi connectivity index (χ2v) is 14.6. The molecule has 4 heterocycles. The summed E-state index contributed by atoms with van der Waals surface area (Å²) in [5, 5.41) is 11.6. The Balaban J connectivity index is 0.000000288. The molecule has 2 aliphatic heterocycles. The molecule has 0 aromatic carbocycles. The molecule has 2 aliphatic rings. The van der Waals surface area contributed by atoms with Gasteiger partial charge in [-0.3, -0.25) is 30.2 Å². The molecule has 2 atom stereocenters. The Morgan fingerprint density at radius 2 is 1.13 bits per heavy atom. The summed E-state index contributed by atoms with van der Waals surface area (Å²) in [6.07, 6.45) is 8.48. The molecule has 2 aromatic heterocycles. The van der Waals surface area contributed by atoms with Crippen molar-refractivity contribution in [3.05, 3.63) is 48.6 Å². The molecule has 4 rings (SSSR count). The van der Waals surface area contributed by atoms with Gasteiger partial charge in [0.2, 0.25) is 0 Å². The number of thiocarbonyl (C=S) groups is 4. The molecule has 0 aliphatic carbocycles. The number of thioether (sulfide) groups is 2. The number of nitrogens with one attached hydrogen (secondary N) is 2. The summed E-state index contributed by atoms with van der Waals surface area (Å²) in [5.41, 5.74) is -0.252. The molecule has 0 radical (unpaired) electrons. The van der Waals surface area contributed by atoms with E-state index >= 15 is 0 Å². The van der Waals surface area contributed by atoms with Gasteiger partial charge in [0, 0.05) is 49.4 Å². The molecule has 2 fully saturated rings. The van der Waals surface area contributed by atoms with Crippen LogP contribution in [0.3, 0.4) is 0 Å². The van der Waals surface area contributed by atoms with E-state index in [0.29, 0.717) is 0 Å². The van der Waals surface area contributed by atoms with Gasteiger partial charge in [0.25, 0.3) is 11.8 Å². The van der Waals surface area contributed by atoms with E-state index in [4.69, 9.17) is 80.9 Å². The summed E-state index contributed by atoms with van der Waals surface area (Å²) in [4.78, 5) is 40.9. The van der Waals surface area contributed by atoms with Crippen molar-refractivity contribution in [3.63, 3.8) is 0 Å². The maximum absolute atomic E-state index is 12.6. The van der Waals surface area contributed by atoms with E-state index in [1.165, 1.54) is 47.2 Å². The normalized spacial score (nSPS) is 16.3. The summed E-state index contributed by atoms with van der Waals surface area (Å²) in [5.74, 6) is 0.784. The van der Waals surface area contributed by atoms with E-state index < -0.39 is 30.3 Å². The number of thiol groups is 2. The predicted octanol–water partition coefficient (Wildman–Crippen LogP) is 1.36. The third kappa shape index (κ3) is 12.3. The fraction of sp³-hybridized carbons (Fsp3) is 0.300.